The number of ether oxygens (including phenoxy) is 1. The Balaban J connectivity index is 2.08. The van der Waals surface area contributed by atoms with Crippen LogP contribution in [0.1, 0.15) is 38.7 Å². The molecule has 108 valence electrons. The first-order chi connectivity index (χ1) is 9.53. The highest BCUT2D eigenvalue weighted by atomic mass is 16.5. The van der Waals surface area contributed by atoms with Gasteiger partial charge in [0.25, 0.3) is 0 Å². The largest absolute Gasteiger partial charge is 0.494 e. The van der Waals surface area contributed by atoms with E-state index in [1.54, 1.807) is 0 Å². The Morgan fingerprint density at radius 1 is 1.25 bits per heavy atom. The van der Waals surface area contributed by atoms with Crippen molar-refractivity contribution < 1.29 is 14.3 Å². The van der Waals surface area contributed by atoms with Gasteiger partial charge in [-0.25, -0.2) is 4.79 Å². The topological polar surface area (TPSA) is 67.4 Å². The van der Waals surface area contributed by atoms with Crippen molar-refractivity contribution >= 4 is 11.9 Å². The molecule has 2 N–H and O–H groups in total. The number of hydrogen-bond donors (Lipinski definition) is 2. The van der Waals surface area contributed by atoms with Crippen LogP contribution in [0.15, 0.2) is 24.3 Å². The molecule has 3 amide bonds. The van der Waals surface area contributed by atoms with Crippen LogP contribution < -0.4 is 15.4 Å². The number of urea groups is 1. The van der Waals surface area contributed by atoms with Crippen molar-refractivity contribution in [3.63, 3.8) is 0 Å². The minimum Gasteiger partial charge on any atom is -0.494 e. The lowest BCUT2D eigenvalue weighted by atomic mass is 9.87. The molecule has 1 saturated heterocycles. The van der Waals surface area contributed by atoms with Crippen molar-refractivity contribution in [2.75, 3.05) is 6.61 Å². The summed E-state index contributed by atoms with van der Waals surface area (Å²) in [7, 11) is 0. The van der Waals surface area contributed by atoms with Crippen LogP contribution in [0.3, 0.4) is 0 Å². The molecule has 5 nitrogen and oxygen atoms in total. The molecule has 2 rings (SSSR count). The molecule has 1 aliphatic heterocycles. The number of amides is 3. The Labute approximate surface area is 118 Å². The van der Waals surface area contributed by atoms with Crippen LogP contribution in [0.25, 0.3) is 0 Å². The molecule has 5 heteroatoms. The third-order valence-corrected chi connectivity index (χ3v) is 3.41. The minimum absolute atomic E-state index is 0.231. The molecule has 1 atom stereocenters. The van der Waals surface area contributed by atoms with Crippen molar-refractivity contribution in [2.24, 2.45) is 0 Å². The molecule has 0 bridgehead atoms. The molecule has 0 saturated carbocycles. The van der Waals surface area contributed by atoms with Gasteiger partial charge in [0, 0.05) is 0 Å². The molecule has 0 aliphatic carbocycles. The van der Waals surface area contributed by atoms with E-state index >= 15 is 0 Å². The first-order valence-corrected chi connectivity index (χ1v) is 6.89. The molecule has 0 radical (unpaired) electrons. The first kappa shape index (κ1) is 14.4. The second-order valence-corrected chi connectivity index (χ2v) is 5.24. The summed E-state index contributed by atoms with van der Waals surface area (Å²) in [4.78, 5) is 22.9. The van der Waals surface area contributed by atoms with Crippen LogP contribution >= 0.6 is 0 Å². The van der Waals surface area contributed by atoms with E-state index in [0.717, 1.165) is 24.2 Å². The standard InChI is InChI=1S/C15H20N2O3/c1-3-4-9-20-12-7-5-11(6-8-12)15(2)10-13(18)16-14(19)17-15/h5-8H,3-4,9-10H2,1-2H3,(H2,16,17,18,19). The maximum atomic E-state index is 11.5. The molecular formula is C15H20N2O3. The molecule has 1 aliphatic rings. The van der Waals surface area contributed by atoms with Gasteiger partial charge < -0.3 is 10.1 Å². The number of carbonyl (C=O) groups excluding carboxylic acids is 2. The van der Waals surface area contributed by atoms with Gasteiger partial charge in [0.2, 0.25) is 5.91 Å². The lowest BCUT2D eigenvalue weighted by Gasteiger charge is -2.34. The third kappa shape index (κ3) is 3.29. The van der Waals surface area contributed by atoms with Gasteiger partial charge in [-0.3, -0.25) is 10.1 Å². The lowest BCUT2D eigenvalue weighted by molar-refractivity contribution is -0.122. The normalized spacial score (nSPS) is 22.1. The van der Waals surface area contributed by atoms with E-state index in [9.17, 15) is 9.59 Å². The second-order valence-electron chi connectivity index (χ2n) is 5.24. The molecule has 0 aromatic heterocycles. The first-order valence-electron chi connectivity index (χ1n) is 6.89. The Bertz CT molecular complexity index is 480. The van der Waals surface area contributed by atoms with E-state index in [2.05, 4.69) is 17.6 Å². The van der Waals surface area contributed by atoms with Crippen LogP contribution in [0.4, 0.5) is 4.79 Å². The molecule has 0 spiro atoms. The number of carbonyl (C=O) groups is 2. The van der Waals surface area contributed by atoms with Crippen LogP contribution in [0, 0.1) is 0 Å². The van der Waals surface area contributed by atoms with E-state index in [-0.39, 0.29) is 12.3 Å². The number of rotatable bonds is 5. The van der Waals surface area contributed by atoms with Gasteiger partial charge in [0.05, 0.1) is 18.6 Å². The smallest absolute Gasteiger partial charge is 0.322 e. The maximum absolute atomic E-state index is 11.5. The van der Waals surface area contributed by atoms with Crippen LogP contribution in [0.5, 0.6) is 5.75 Å². The molecule has 1 heterocycles. The van der Waals surface area contributed by atoms with E-state index in [1.165, 1.54) is 0 Å². The molecule has 1 aromatic rings. The van der Waals surface area contributed by atoms with Crippen LogP contribution in [0.2, 0.25) is 0 Å². The molecule has 1 unspecified atom stereocenters. The fourth-order valence-corrected chi connectivity index (χ4v) is 2.25. The van der Waals surface area contributed by atoms with Gasteiger partial charge in [0.1, 0.15) is 5.75 Å². The van der Waals surface area contributed by atoms with Gasteiger partial charge in [0.15, 0.2) is 0 Å². The summed E-state index contributed by atoms with van der Waals surface area (Å²) in [6.45, 7) is 4.66. The van der Waals surface area contributed by atoms with Crippen molar-refractivity contribution in [2.45, 2.75) is 38.6 Å². The van der Waals surface area contributed by atoms with Gasteiger partial charge in [-0.05, 0) is 31.0 Å². The predicted octanol–water partition coefficient (Wildman–Crippen LogP) is 2.31. The third-order valence-electron chi connectivity index (χ3n) is 3.41. The fraction of sp³-hybridized carbons (Fsp3) is 0.467. The molecule has 1 fully saturated rings. The lowest BCUT2D eigenvalue weighted by Crippen LogP contribution is -2.57. The van der Waals surface area contributed by atoms with E-state index < -0.39 is 11.6 Å². The van der Waals surface area contributed by atoms with E-state index in [1.807, 2.05) is 31.2 Å². The summed E-state index contributed by atoms with van der Waals surface area (Å²) < 4.78 is 5.60. The summed E-state index contributed by atoms with van der Waals surface area (Å²) in [6, 6.07) is 7.07. The maximum Gasteiger partial charge on any atom is 0.322 e. The highest BCUT2D eigenvalue weighted by Crippen LogP contribution is 2.28. The Kier molecular flexibility index (Phi) is 4.27. The molecule has 20 heavy (non-hydrogen) atoms. The van der Waals surface area contributed by atoms with Crippen LogP contribution in [-0.2, 0) is 10.3 Å². The van der Waals surface area contributed by atoms with Crippen molar-refractivity contribution in [3.8, 4) is 5.75 Å². The van der Waals surface area contributed by atoms with Gasteiger partial charge in [-0.15, -0.1) is 0 Å². The Hall–Kier alpha value is -2.04. The van der Waals surface area contributed by atoms with Gasteiger partial charge in [-0.2, -0.15) is 0 Å². The average molecular weight is 276 g/mol. The Morgan fingerprint density at radius 2 is 1.95 bits per heavy atom. The number of unbranched alkanes of at least 4 members (excludes halogenated alkanes) is 1. The summed E-state index contributed by atoms with van der Waals surface area (Å²) in [5.74, 6) is 0.539. The predicted molar refractivity (Wildman–Crippen MR) is 75.5 cm³/mol. The summed E-state index contributed by atoms with van der Waals surface area (Å²) >= 11 is 0. The number of hydrogen-bond acceptors (Lipinski definition) is 3. The summed E-state index contributed by atoms with van der Waals surface area (Å²) in [6.07, 6.45) is 2.35. The van der Waals surface area contributed by atoms with E-state index in [0.29, 0.717) is 6.61 Å². The number of nitrogens with one attached hydrogen (secondary N) is 2. The average Bonchev–Trinajstić information content (AvgIpc) is 2.38. The van der Waals surface area contributed by atoms with Crippen molar-refractivity contribution in [3.05, 3.63) is 29.8 Å². The highest BCUT2D eigenvalue weighted by molar-refractivity contribution is 5.98. The zero-order valence-electron chi connectivity index (χ0n) is 11.9. The summed E-state index contributed by atoms with van der Waals surface area (Å²) in [5.41, 5.74) is 0.227. The van der Waals surface area contributed by atoms with Crippen LogP contribution in [-0.4, -0.2) is 18.5 Å². The Morgan fingerprint density at radius 3 is 2.55 bits per heavy atom. The SMILES string of the molecule is CCCCOc1ccc(C2(C)CC(=O)NC(=O)N2)cc1. The zero-order valence-corrected chi connectivity index (χ0v) is 11.9. The number of imide groups is 1. The molecule has 1 aromatic carbocycles. The van der Waals surface area contributed by atoms with Gasteiger partial charge in [-0.1, -0.05) is 25.5 Å². The second kappa shape index (κ2) is 5.94. The van der Waals surface area contributed by atoms with E-state index in [4.69, 9.17) is 4.74 Å². The fourth-order valence-electron chi connectivity index (χ4n) is 2.25. The minimum atomic E-state index is -0.665. The highest BCUT2D eigenvalue weighted by Gasteiger charge is 2.36. The quantitative estimate of drug-likeness (QED) is 0.811. The van der Waals surface area contributed by atoms with Gasteiger partial charge >= 0.3 is 6.03 Å². The zero-order chi connectivity index (χ0) is 14.6. The molecular weight excluding hydrogens is 256 g/mol. The summed E-state index contributed by atoms with van der Waals surface area (Å²) in [5, 5.41) is 5.04. The number of benzene rings is 1. The van der Waals surface area contributed by atoms with Crippen molar-refractivity contribution in [1.82, 2.24) is 10.6 Å². The monoisotopic (exact) mass is 276 g/mol. The van der Waals surface area contributed by atoms with Crippen molar-refractivity contribution in [1.29, 1.82) is 0 Å².